The molecule has 0 spiro atoms. The second-order valence-corrected chi connectivity index (χ2v) is 5.97. The topological polar surface area (TPSA) is 69.7 Å². The average molecular weight is 339 g/mol. The number of anilines is 1. The summed E-state index contributed by atoms with van der Waals surface area (Å²) >= 11 is 0. The first-order valence-corrected chi connectivity index (χ1v) is 7.45. The van der Waals surface area contributed by atoms with Gasteiger partial charge in [0.2, 0.25) is 5.91 Å². The molecule has 0 aliphatic carbocycles. The van der Waals surface area contributed by atoms with Gasteiger partial charge in [-0.15, -0.1) is 0 Å². The van der Waals surface area contributed by atoms with Crippen LogP contribution < -0.4 is 10.2 Å². The Morgan fingerprint density at radius 1 is 1.42 bits per heavy atom. The summed E-state index contributed by atoms with van der Waals surface area (Å²) in [5, 5.41) is 2.59. The first-order chi connectivity index (χ1) is 11.2. The van der Waals surface area contributed by atoms with Gasteiger partial charge in [-0.05, 0) is 31.5 Å². The van der Waals surface area contributed by atoms with Gasteiger partial charge in [0.05, 0.1) is 0 Å². The van der Waals surface area contributed by atoms with E-state index >= 15 is 0 Å². The van der Waals surface area contributed by atoms with Gasteiger partial charge < -0.3 is 15.0 Å². The van der Waals surface area contributed by atoms with Crippen molar-refractivity contribution in [2.24, 2.45) is 0 Å². The monoisotopic (exact) mass is 339 g/mol. The number of rotatable bonds is 3. The second-order valence-electron chi connectivity index (χ2n) is 5.97. The largest absolute Gasteiger partial charge is 0.352 e. The molecule has 1 aromatic rings. The van der Waals surface area contributed by atoms with Crippen molar-refractivity contribution in [3.63, 3.8) is 0 Å². The van der Waals surface area contributed by atoms with Crippen molar-refractivity contribution in [3.05, 3.63) is 29.3 Å². The molecule has 1 unspecified atom stereocenters. The van der Waals surface area contributed by atoms with Crippen molar-refractivity contribution in [1.82, 2.24) is 10.2 Å². The third-order valence-corrected chi connectivity index (χ3v) is 4.20. The van der Waals surface area contributed by atoms with Crippen LogP contribution in [0.25, 0.3) is 0 Å². The molecule has 1 atom stereocenters. The Labute approximate surface area is 138 Å². The van der Waals surface area contributed by atoms with Crippen molar-refractivity contribution in [2.45, 2.75) is 25.8 Å². The minimum Gasteiger partial charge on any atom is -0.352 e. The highest BCUT2D eigenvalue weighted by molar-refractivity contribution is 5.99. The third kappa shape index (κ3) is 2.95. The molecule has 1 aliphatic heterocycles. The summed E-state index contributed by atoms with van der Waals surface area (Å²) < 4.78 is 28.2. The summed E-state index contributed by atoms with van der Waals surface area (Å²) in [5.41, 5.74) is -1.51. The number of carbonyl (C=O) groups excluding carboxylic acids is 3. The van der Waals surface area contributed by atoms with Gasteiger partial charge in [-0.2, -0.15) is 0 Å². The number of nitrogens with one attached hydrogen (secondary N) is 1. The molecule has 24 heavy (non-hydrogen) atoms. The van der Waals surface area contributed by atoms with Gasteiger partial charge in [0.15, 0.2) is 0 Å². The molecule has 0 saturated carbocycles. The molecule has 1 N–H and O–H groups in total. The number of aldehydes is 1. The molecular formula is C16H19F2N3O3. The number of piperazine rings is 1. The molecule has 130 valence electrons. The molecule has 1 heterocycles. The van der Waals surface area contributed by atoms with E-state index in [0.29, 0.717) is 11.8 Å². The maximum absolute atomic E-state index is 14.1. The molecular weight excluding hydrogens is 320 g/mol. The van der Waals surface area contributed by atoms with E-state index in [-0.39, 0.29) is 19.5 Å². The molecule has 6 nitrogen and oxygen atoms in total. The van der Waals surface area contributed by atoms with Crippen LogP contribution in [-0.2, 0) is 9.59 Å². The highest BCUT2D eigenvalue weighted by atomic mass is 19.1. The van der Waals surface area contributed by atoms with Crippen molar-refractivity contribution in [2.75, 3.05) is 25.0 Å². The van der Waals surface area contributed by atoms with Crippen LogP contribution in [0.4, 0.5) is 19.3 Å². The SMILES string of the molecule is Cc1cc(F)c(N(C)C(=O)N2CCNC(=O)C2(C)CC=O)c(F)c1. The summed E-state index contributed by atoms with van der Waals surface area (Å²) in [7, 11) is 1.23. The quantitative estimate of drug-likeness (QED) is 0.851. The van der Waals surface area contributed by atoms with Crippen LogP contribution >= 0.6 is 0 Å². The van der Waals surface area contributed by atoms with Gasteiger partial charge in [-0.3, -0.25) is 9.69 Å². The summed E-state index contributed by atoms with van der Waals surface area (Å²) in [5.74, 6) is -2.23. The molecule has 0 bridgehead atoms. The Morgan fingerprint density at radius 3 is 2.54 bits per heavy atom. The van der Waals surface area contributed by atoms with Crippen LogP contribution in [0.1, 0.15) is 18.9 Å². The van der Waals surface area contributed by atoms with E-state index in [1.54, 1.807) is 0 Å². The highest BCUT2D eigenvalue weighted by Crippen LogP contribution is 2.28. The number of urea groups is 1. The third-order valence-electron chi connectivity index (χ3n) is 4.20. The van der Waals surface area contributed by atoms with Gasteiger partial charge in [0, 0.05) is 26.6 Å². The fourth-order valence-corrected chi connectivity index (χ4v) is 2.80. The number of aryl methyl sites for hydroxylation is 1. The number of hydrogen-bond donors (Lipinski definition) is 1. The Bertz CT molecular complexity index is 672. The summed E-state index contributed by atoms with van der Waals surface area (Å²) in [6.45, 7) is 3.32. The van der Waals surface area contributed by atoms with Crippen LogP contribution in [0.15, 0.2) is 12.1 Å². The molecule has 1 saturated heterocycles. The van der Waals surface area contributed by atoms with Crippen LogP contribution in [0, 0.1) is 18.6 Å². The molecule has 1 aliphatic rings. The Hall–Kier alpha value is -2.51. The van der Waals surface area contributed by atoms with Gasteiger partial charge in [-0.1, -0.05) is 0 Å². The molecule has 0 aromatic heterocycles. The Morgan fingerprint density at radius 2 is 2.00 bits per heavy atom. The lowest BCUT2D eigenvalue weighted by molar-refractivity contribution is -0.136. The van der Waals surface area contributed by atoms with Gasteiger partial charge in [0.1, 0.15) is 29.1 Å². The zero-order chi connectivity index (χ0) is 18.1. The van der Waals surface area contributed by atoms with E-state index in [1.165, 1.54) is 25.8 Å². The van der Waals surface area contributed by atoms with E-state index in [2.05, 4.69) is 5.32 Å². The molecule has 2 rings (SSSR count). The van der Waals surface area contributed by atoms with Crippen molar-refractivity contribution < 1.29 is 23.2 Å². The van der Waals surface area contributed by atoms with Crippen molar-refractivity contribution >= 4 is 23.9 Å². The lowest BCUT2D eigenvalue weighted by Crippen LogP contribution is -2.66. The fraction of sp³-hybridized carbons (Fsp3) is 0.438. The molecule has 1 fully saturated rings. The Balaban J connectivity index is 2.39. The van der Waals surface area contributed by atoms with E-state index in [4.69, 9.17) is 0 Å². The van der Waals surface area contributed by atoms with Gasteiger partial charge in [-0.25, -0.2) is 13.6 Å². The molecule has 0 radical (unpaired) electrons. The van der Waals surface area contributed by atoms with Gasteiger partial charge in [0.25, 0.3) is 0 Å². The number of benzene rings is 1. The normalized spacial score (nSPS) is 20.5. The van der Waals surface area contributed by atoms with Gasteiger partial charge >= 0.3 is 6.03 Å². The van der Waals surface area contributed by atoms with Crippen molar-refractivity contribution in [1.29, 1.82) is 0 Å². The molecule has 3 amide bonds. The predicted molar refractivity (Wildman–Crippen MR) is 83.7 cm³/mol. The molecule has 8 heteroatoms. The summed E-state index contributed by atoms with van der Waals surface area (Å²) in [4.78, 5) is 37.8. The highest BCUT2D eigenvalue weighted by Gasteiger charge is 2.45. The molecule has 1 aromatic carbocycles. The number of hydrogen-bond acceptors (Lipinski definition) is 3. The number of amides is 3. The number of carbonyl (C=O) groups is 3. The zero-order valence-corrected chi connectivity index (χ0v) is 13.7. The summed E-state index contributed by atoms with van der Waals surface area (Å²) in [6, 6.07) is 1.49. The van der Waals surface area contributed by atoms with E-state index in [0.717, 1.165) is 17.0 Å². The van der Waals surface area contributed by atoms with Crippen molar-refractivity contribution in [3.8, 4) is 0 Å². The Kier molecular flexibility index (Phi) is 4.86. The van der Waals surface area contributed by atoms with E-state index < -0.39 is 34.8 Å². The maximum Gasteiger partial charge on any atom is 0.325 e. The first kappa shape index (κ1) is 17.8. The van der Waals surface area contributed by atoms with Crippen LogP contribution in [-0.4, -0.2) is 48.8 Å². The van der Waals surface area contributed by atoms with E-state index in [1.807, 2.05) is 0 Å². The number of halogens is 2. The number of nitrogens with zero attached hydrogens (tertiary/aromatic N) is 2. The standard InChI is InChI=1S/C16H19F2N3O3/c1-10-8-11(17)13(12(18)9-10)20(3)15(24)21-6-5-19-14(23)16(21,2)4-7-22/h7-9H,4-6H2,1-3H3,(H,19,23). The zero-order valence-electron chi connectivity index (χ0n) is 13.7. The van der Waals surface area contributed by atoms with Crippen LogP contribution in [0.5, 0.6) is 0 Å². The summed E-state index contributed by atoms with van der Waals surface area (Å²) in [6.07, 6.45) is 0.329. The second kappa shape index (κ2) is 6.54. The fourth-order valence-electron chi connectivity index (χ4n) is 2.80. The minimum atomic E-state index is -1.40. The van der Waals surface area contributed by atoms with E-state index in [9.17, 15) is 23.2 Å². The average Bonchev–Trinajstić information content (AvgIpc) is 2.48. The minimum absolute atomic E-state index is 0.133. The van der Waals surface area contributed by atoms with Crippen LogP contribution in [0.2, 0.25) is 0 Å². The smallest absolute Gasteiger partial charge is 0.325 e. The lowest BCUT2D eigenvalue weighted by Gasteiger charge is -2.44. The van der Waals surface area contributed by atoms with Crippen LogP contribution in [0.3, 0.4) is 0 Å². The first-order valence-electron chi connectivity index (χ1n) is 7.45. The predicted octanol–water partition coefficient (Wildman–Crippen LogP) is 1.61. The maximum atomic E-state index is 14.1. The lowest BCUT2D eigenvalue weighted by atomic mass is 9.93.